The smallest absolute Gasteiger partial charge is 0.213 e. The maximum absolute atomic E-state index is 4.61. The van der Waals surface area contributed by atoms with Crippen LogP contribution in [0.1, 0.15) is 19.2 Å². The zero-order chi connectivity index (χ0) is 9.52. The van der Waals surface area contributed by atoms with E-state index in [1.165, 1.54) is 12.0 Å². The van der Waals surface area contributed by atoms with Crippen molar-refractivity contribution in [3.05, 3.63) is 24.4 Å². The van der Waals surface area contributed by atoms with Crippen LogP contribution >= 0.6 is 0 Å². The first-order chi connectivity index (χ1) is 6.29. The van der Waals surface area contributed by atoms with Gasteiger partial charge in [-0.1, -0.05) is 10.7 Å². The summed E-state index contributed by atoms with van der Waals surface area (Å²) in [5, 5.41) is 6.98. The lowest BCUT2D eigenvalue weighted by Crippen LogP contribution is -2.19. The Morgan fingerprint density at radius 1 is 1.62 bits per heavy atom. The average Bonchev–Trinajstić information content (AvgIpc) is 2.55. The van der Waals surface area contributed by atoms with Crippen LogP contribution in [0.2, 0.25) is 0 Å². The highest BCUT2D eigenvalue weighted by Crippen LogP contribution is 1.92. The third kappa shape index (κ3) is 4.42. The van der Waals surface area contributed by atoms with Crippen LogP contribution in [0.5, 0.6) is 0 Å². The van der Waals surface area contributed by atoms with Gasteiger partial charge in [-0.3, -0.25) is 0 Å². The van der Waals surface area contributed by atoms with E-state index in [0.717, 1.165) is 31.8 Å². The monoisotopic (exact) mass is 181 g/mol. The molecule has 0 aromatic carbocycles. The molecule has 0 radical (unpaired) electrons. The van der Waals surface area contributed by atoms with Crippen LogP contribution in [0.15, 0.2) is 23.1 Å². The van der Waals surface area contributed by atoms with Crippen LogP contribution in [0.25, 0.3) is 0 Å². The van der Waals surface area contributed by atoms with Crippen molar-refractivity contribution in [2.24, 2.45) is 0 Å². The van der Waals surface area contributed by atoms with E-state index in [1.54, 1.807) is 0 Å². The van der Waals surface area contributed by atoms with Crippen LogP contribution in [0, 0.1) is 0 Å². The number of rotatable bonds is 6. The summed E-state index contributed by atoms with van der Waals surface area (Å²) in [5.74, 6) is 0.753. The molecule has 1 rings (SSSR count). The van der Waals surface area contributed by atoms with Crippen molar-refractivity contribution in [1.29, 1.82) is 0 Å². The van der Waals surface area contributed by atoms with Gasteiger partial charge in [-0.15, -0.1) is 6.58 Å². The van der Waals surface area contributed by atoms with Gasteiger partial charge in [0.2, 0.25) is 6.39 Å². The lowest BCUT2D eigenvalue weighted by atomic mass is 10.2. The van der Waals surface area contributed by atoms with Crippen molar-refractivity contribution >= 4 is 0 Å². The molecular formula is C9H15N3O. The quantitative estimate of drug-likeness (QED) is 0.528. The minimum Gasteiger partial charge on any atom is -0.343 e. The molecule has 1 heterocycles. The first kappa shape index (κ1) is 9.92. The lowest BCUT2D eigenvalue weighted by Gasteiger charge is -2.01. The fourth-order valence-electron chi connectivity index (χ4n) is 0.930. The third-order valence-electron chi connectivity index (χ3n) is 1.66. The van der Waals surface area contributed by atoms with Gasteiger partial charge >= 0.3 is 0 Å². The number of aromatic nitrogens is 2. The van der Waals surface area contributed by atoms with E-state index in [9.17, 15) is 0 Å². The molecule has 0 aliphatic rings. The zero-order valence-electron chi connectivity index (χ0n) is 7.92. The first-order valence-electron chi connectivity index (χ1n) is 4.39. The topological polar surface area (TPSA) is 51.0 Å². The molecule has 1 aromatic heterocycles. The van der Waals surface area contributed by atoms with Crippen molar-refractivity contribution in [3.63, 3.8) is 0 Å². The molecule has 0 fully saturated rings. The van der Waals surface area contributed by atoms with Crippen molar-refractivity contribution in [3.8, 4) is 0 Å². The van der Waals surface area contributed by atoms with Crippen LogP contribution < -0.4 is 5.32 Å². The minimum atomic E-state index is 0.753. The fraction of sp³-hybridized carbons (Fsp3) is 0.556. The fourth-order valence-corrected chi connectivity index (χ4v) is 0.930. The highest BCUT2D eigenvalue weighted by atomic mass is 16.5. The summed E-state index contributed by atoms with van der Waals surface area (Å²) >= 11 is 0. The van der Waals surface area contributed by atoms with Gasteiger partial charge in [0, 0.05) is 13.0 Å². The predicted octanol–water partition coefficient (Wildman–Crippen LogP) is 1.17. The lowest BCUT2D eigenvalue weighted by molar-refractivity contribution is 0.409. The van der Waals surface area contributed by atoms with Gasteiger partial charge in [-0.25, -0.2) is 0 Å². The minimum absolute atomic E-state index is 0.753. The average molecular weight is 181 g/mol. The molecule has 0 saturated heterocycles. The molecular weight excluding hydrogens is 166 g/mol. The SMILES string of the molecule is C=C(C)CCNCCc1ncon1. The largest absolute Gasteiger partial charge is 0.343 e. The Morgan fingerprint density at radius 2 is 2.46 bits per heavy atom. The van der Waals surface area contributed by atoms with E-state index in [4.69, 9.17) is 0 Å². The van der Waals surface area contributed by atoms with E-state index in [-0.39, 0.29) is 0 Å². The number of nitrogens with one attached hydrogen (secondary N) is 1. The van der Waals surface area contributed by atoms with Crippen molar-refractivity contribution in [2.45, 2.75) is 19.8 Å². The Balaban J connectivity index is 1.99. The summed E-state index contributed by atoms with van der Waals surface area (Å²) in [6.45, 7) is 7.70. The van der Waals surface area contributed by atoms with Gasteiger partial charge in [-0.2, -0.15) is 4.98 Å². The summed E-state index contributed by atoms with van der Waals surface area (Å²) in [5.41, 5.74) is 1.20. The molecule has 0 aliphatic heterocycles. The molecule has 0 aliphatic carbocycles. The summed E-state index contributed by atoms with van der Waals surface area (Å²) in [6, 6.07) is 0. The normalized spacial score (nSPS) is 10.2. The Hall–Kier alpha value is -1.16. The second kappa shape index (κ2) is 5.48. The Bertz CT molecular complexity index is 243. The molecule has 1 N–H and O–H groups in total. The molecule has 0 bridgehead atoms. The summed E-state index contributed by atoms with van der Waals surface area (Å²) < 4.78 is 4.61. The standard InChI is InChI=1S/C9H15N3O/c1-8(2)3-5-10-6-4-9-11-7-13-12-9/h7,10H,1,3-6H2,2H3. The van der Waals surface area contributed by atoms with Gasteiger partial charge < -0.3 is 9.84 Å². The van der Waals surface area contributed by atoms with Crippen molar-refractivity contribution < 1.29 is 4.52 Å². The number of nitrogens with zero attached hydrogens (tertiary/aromatic N) is 2. The maximum atomic E-state index is 4.61. The third-order valence-corrected chi connectivity index (χ3v) is 1.66. The van der Waals surface area contributed by atoms with Crippen LogP contribution in [0.3, 0.4) is 0 Å². The summed E-state index contributed by atoms with van der Waals surface area (Å²) in [4.78, 5) is 3.91. The summed E-state index contributed by atoms with van der Waals surface area (Å²) in [7, 11) is 0. The van der Waals surface area contributed by atoms with Gasteiger partial charge in [-0.05, 0) is 19.9 Å². The molecule has 13 heavy (non-hydrogen) atoms. The highest BCUT2D eigenvalue weighted by molar-refractivity contribution is 4.88. The van der Waals surface area contributed by atoms with Crippen LogP contribution in [-0.2, 0) is 6.42 Å². The molecule has 4 nitrogen and oxygen atoms in total. The molecule has 1 aromatic rings. The van der Waals surface area contributed by atoms with E-state index in [1.807, 2.05) is 6.92 Å². The van der Waals surface area contributed by atoms with Gasteiger partial charge in [0.15, 0.2) is 5.82 Å². The van der Waals surface area contributed by atoms with E-state index in [0.29, 0.717) is 0 Å². The van der Waals surface area contributed by atoms with Crippen LogP contribution in [0.4, 0.5) is 0 Å². The molecule has 0 amide bonds. The van der Waals surface area contributed by atoms with Crippen molar-refractivity contribution in [1.82, 2.24) is 15.5 Å². The highest BCUT2D eigenvalue weighted by Gasteiger charge is 1.96. The second-order valence-electron chi connectivity index (χ2n) is 3.05. The molecule has 0 spiro atoms. The Morgan fingerprint density at radius 3 is 3.08 bits per heavy atom. The summed E-state index contributed by atoms with van der Waals surface area (Å²) in [6.07, 6.45) is 3.18. The van der Waals surface area contributed by atoms with Gasteiger partial charge in [0.1, 0.15) is 0 Å². The first-order valence-corrected chi connectivity index (χ1v) is 4.39. The Labute approximate surface area is 78.0 Å². The maximum Gasteiger partial charge on any atom is 0.213 e. The van der Waals surface area contributed by atoms with Crippen molar-refractivity contribution in [2.75, 3.05) is 13.1 Å². The molecule has 4 heteroatoms. The number of hydrogen-bond acceptors (Lipinski definition) is 4. The molecule has 0 unspecified atom stereocenters. The van der Waals surface area contributed by atoms with Gasteiger partial charge in [0.05, 0.1) is 0 Å². The predicted molar refractivity (Wildman–Crippen MR) is 50.3 cm³/mol. The van der Waals surface area contributed by atoms with Gasteiger partial charge in [0.25, 0.3) is 0 Å². The molecule has 72 valence electrons. The van der Waals surface area contributed by atoms with E-state index < -0.39 is 0 Å². The number of hydrogen-bond donors (Lipinski definition) is 1. The molecule has 0 saturated carbocycles. The van der Waals surface area contributed by atoms with Crippen LogP contribution in [-0.4, -0.2) is 23.2 Å². The second-order valence-corrected chi connectivity index (χ2v) is 3.05. The Kier molecular flexibility index (Phi) is 4.18. The van der Waals surface area contributed by atoms with E-state index in [2.05, 4.69) is 26.6 Å². The molecule has 0 atom stereocenters. The van der Waals surface area contributed by atoms with E-state index >= 15 is 0 Å². The zero-order valence-corrected chi connectivity index (χ0v) is 7.92.